The van der Waals surface area contributed by atoms with Crippen molar-refractivity contribution in [3.8, 4) is 11.3 Å². The molecule has 0 saturated heterocycles. The minimum Gasteiger partial charge on any atom is -0.468 e. The standard InChI is InChI=1S/C18H15N3O2/c1-23-17(22)12-20-14-9-5-6-10-15(14)21-16(11-19-18(20)21)13-7-3-2-4-8-13/h2-11H,12H2,1H3. The molecule has 0 aliphatic carbocycles. The van der Waals surface area contributed by atoms with Gasteiger partial charge in [0.2, 0.25) is 5.78 Å². The third-order valence-electron chi connectivity index (χ3n) is 3.98. The highest BCUT2D eigenvalue weighted by molar-refractivity contribution is 5.86. The number of methoxy groups -OCH3 is 1. The Balaban J connectivity index is 2.03. The molecular weight excluding hydrogens is 290 g/mol. The SMILES string of the molecule is COC(=O)Cn1c2ccccc2n2c(-c3ccccc3)cnc12. The van der Waals surface area contributed by atoms with Gasteiger partial charge < -0.3 is 4.74 Å². The van der Waals surface area contributed by atoms with Gasteiger partial charge in [-0.15, -0.1) is 0 Å². The molecular formula is C18H15N3O2. The number of imidazole rings is 2. The first-order valence-corrected chi connectivity index (χ1v) is 7.36. The number of hydrogen-bond donors (Lipinski definition) is 0. The fraction of sp³-hybridized carbons (Fsp3) is 0.111. The molecule has 4 aromatic rings. The molecule has 0 N–H and O–H groups in total. The number of aromatic nitrogens is 3. The summed E-state index contributed by atoms with van der Waals surface area (Å²) >= 11 is 0. The summed E-state index contributed by atoms with van der Waals surface area (Å²) in [5.74, 6) is 0.438. The molecule has 5 heteroatoms. The summed E-state index contributed by atoms with van der Waals surface area (Å²) in [7, 11) is 1.40. The van der Waals surface area contributed by atoms with Crippen molar-refractivity contribution in [2.75, 3.05) is 7.11 Å². The molecule has 0 aliphatic heterocycles. The Labute approximate surface area is 132 Å². The zero-order chi connectivity index (χ0) is 15.8. The number of nitrogens with zero attached hydrogens (tertiary/aromatic N) is 3. The van der Waals surface area contributed by atoms with Crippen molar-refractivity contribution < 1.29 is 9.53 Å². The maximum absolute atomic E-state index is 11.8. The predicted molar refractivity (Wildman–Crippen MR) is 88.1 cm³/mol. The van der Waals surface area contributed by atoms with Crippen molar-refractivity contribution in [1.29, 1.82) is 0 Å². The number of carbonyl (C=O) groups is 1. The van der Waals surface area contributed by atoms with E-state index in [1.165, 1.54) is 7.11 Å². The van der Waals surface area contributed by atoms with Crippen LogP contribution in [0, 0.1) is 0 Å². The highest BCUT2D eigenvalue weighted by atomic mass is 16.5. The van der Waals surface area contributed by atoms with Crippen LogP contribution in [0.25, 0.3) is 28.1 Å². The number of esters is 1. The van der Waals surface area contributed by atoms with Gasteiger partial charge in [-0.1, -0.05) is 42.5 Å². The van der Waals surface area contributed by atoms with Gasteiger partial charge in [0.25, 0.3) is 0 Å². The minimum atomic E-state index is -0.294. The molecule has 0 spiro atoms. The Kier molecular flexibility index (Phi) is 3.12. The molecule has 114 valence electrons. The van der Waals surface area contributed by atoms with E-state index in [-0.39, 0.29) is 12.5 Å². The van der Waals surface area contributed by atoms with E-state index in [0.717, 1.165) is 28.1 Å². The lowest BCUT2D eigenvalue weighted by atomic mass is 10.2. The second-order valence-electron chi connectivity index (χ2n) is 5.30. The normalized spacial score (nSPS) is 11.2. The number of hydrogen-bond acceptors (Lipinski definition) is 3. The molecule has 0 bridgehead atoms. The monoisotopic (exact) mass is 305 g/mol. The van der Waals surface area contributed by atoms with Crippen molar-refractivity contribution in [3.63, 3.8) is 0 Å². The van der Waals surface area contributed by atoms with Gasteiger partial charge in [0.15, 0.2) is 0 Å². The van der Waals surface area contributed by atoms with Crippen molar-refractivity contribution in [3.05, 3.63) is 60.8 Å². The lowest BCUT2D eigenvalue weighted by molar-refractivity contribution is -0.141. The van der Waals surface area contributed by atoms with E-state index in [0.29, 0.717) is 0 Å². The molecule has 2 heterocycles. The van der Waals surface area contributed by atoms with Gasteiger partial charge >= 0.3 is 5.97 Å². The first-order valence-electron chi connectivity index (χ1n) is 7.36. The van der Waals surface area contributed by atoms with Gasteiger partial charge in [-0.2, -0.15) is 0 Å². The number of carbonyl (C=O) groups excluding carboxylic acids is 1. The Hall–Kier alpha value is -3.08. The number of fused-ring (bicyclic) bond motifs is 3. The van der Waals surface area contributed by atoms with Gasteiger partial charge in [-0.3, -0.25) is 13.8 Å². The molecule has 0 aliphatic rings. The first-order chi connectivity index (χ1) is 11.3. The van der Waals surface area contributed by atoms with E-state index in [2.05, 4.69) is 21.5 Å². The average molecular weight is 305 g/mol. The molecule has 0 atom stereocenters. The van der Waals surface area contributed by atoms with Crippen LogP contribution < -0.4 is 0 Å². The summed E-state index contributed by atoms with van der Waals surface area (Å²) in [6, 6.07) is 18.1. The second kappa shape index (κ2) is 5.28. The van der Waals surface area contributed by atoms with Crippen LogP contribution in [-0.4, -0.2) is 27.0 Å². The zero-order valence-corrected chi connectivity index (χ0v) is 12.6. The van der Waals surface area contributed by atoms with Crippen LogP contribution in [0.5, 0.6) is 0 Å². The van der Waals surface area contributed by atoms with Gasteiger partial charge in [0.1, 0.15) is 6.54 Å². The van der Waals surface area contributed by atoms with Gasteiger partial charge in [0.05, 0.1) is 30.0 Å². The Bertz CT molecular complexity index is 999. The fourth-order valence-electron chi connectivity index (χ4n) is 2.92. The van der Waals surface area contributed by atoms with Crippen LogP contribution in [-0.2, 0) is 16.1 Å². The molecule has 0 saturated carbocycles. The summed E-state index contributed by atoms with van der Waals surface area (Å²) in [5.41, 5.74) is 4.06. The van der Waals surface area contributed by atoms with E-state index < -0.39 is 0 Å². The van der Waals surface area contributed by atoms with Crippen molar-refractivity contribution >= 4 is 22.8 Å². The maximum Gasteiger partial charge on any atom is 0.325 e. The molecule has 2 aromatic carbocycles. The van der Waals surface area contributed by atoms with Crippen LogP contribution in [0.4, 0.5) is 0 Å². The molecule has 23 heavy (non-hydrogen) atoms. The molecule has 5 nitrogen and oxygen atoms in total. The predicted octanol–water partition coefficient (Wildman–Crippen LogP) is 3.13. The second-order valence-corrected chi connectivity index (χ2v) is 5.30. The van der Waals surface area contributed by atoms with E-state index in [9.17, 15) is 4.79 Å². The average Bonchev–Trinajstić information content (AvgIpc) is 3.16. The summed E-state index contributed by atoms with van der Waals surface area (Å²) in [6.45, 7) is 0.138. The van der Waals surface area contributed by atoms with E-state index in [1.54, 1.807) is 0 Å². The van der Waals surface area contributed by atoms with E-state index in [4.69, 9.17) is 4.74 Å². The topological polar surface area (TPSA) is 48.5 Å². The number of para-hydroxylation sites is 2. The molecule has 0 radical (unpaired) electrons. The summed E-state index contributed by atoms with van der Waals surface area (Å²) in [6.07, 6.45) is 1.84. The van der Waals surface area contributed by atoms with Gasteiger partial charge in [-0.05, 0) is 12.1 Å². The Morgan fingerprint density at radius 2 is 1.74 bits per heavy atom. The first kappa shape index (κ1) is 13.6. The van der Waals surface area contributed by atoms with E-state index >= 15 is 0 Å². The number of rotatable bonds is 3. The number of benzene rings is 2. The smallest absolute Gasteiger partial charge is 0.325 e. The Morgan fingerprint density at radius 1 is 1.04 bits per heavy atom. The summed E-state index contributed by atoms with van der Waals surface area (Å²) in [5, 5.41) is 0. The summed E-state index contributed by atoms with van der Waals surface area (Å²) < 4.78 is 8.78. The fourth-order valence-corrected chi connectivity index (χ4v) is 2.92. The molecule has 4 rings (SSSR count). The van der Waals surface area contributed by atoms with Crippen LogP contribution in [0.15, 0.2) is 60.8 Å². The summed E-state index contributed by atoms with van der Waals surface area (Å²) in [4.78, 5) is 16.3. The van der Waals surface area contributed by atoms with Crippen molar-refractivity contribution in [1.82, 2.24) is 14.0 Å². The third-order valence-corrected chi connectivity index (χ3v) is 3.98. The highest BCUT2D eigenvalue weighted by Gasteiger charge is 2.17. The zero-order valence-electron chi connectivity index (χ0n) is 12.6. The lowest BCUT2D eigenvalue weighted by Gasteiger charge is -2.02. The number of ether oxygens (including phenoxy) is 1. The van der Waals surface area contributed by atoms with Crippen LogP contribution >= 0.6 is 0 Å². The maximum atomic E-state index is 11.8. The van der Waals surface area contributed by atoms with E-state index in [1.807, 2.05) is 53.2 Å². The van der Waals surface area contributed by atoms with Gasteiger partial charge in [-0.25, -0.2) is 4.98 Å². The molecule has 0 fully saturated rings. The van der Waals surface area contributed by atoms with Crippen molar-refractivity contribution in [2.24, 2.45) is 0 Å². The Morgan fingerprint density at radius 3 is 2.48 bits per heavy atom. The van der Waals surface area contributed by atoms with Crippen LogP contribution in [0.1, 0.15) is 0 Å². The molecule has 0 unspecified atom stereocenters. The van der Waals surface area contributed by atoms with Gasteiger partial charge in [0, 0.05) is 5.56 Å². The largest absolute Gasteiger partial charge is 0.468 e. The quantitative estimate of drug-likeness (QED) is 0.546. The lowest BCUT2D eigenvalue weighted by Crippen LogP contribution is -2.11. The molecule has 0 amide bonds. The van der Waals surface area contributed by atoms with Crippen LogP contribution in [0.2, 0.25) is 0 Å². The van der Waals surface area contributed by atoms with Crippen LogP contribution in [0.3, 0.4) is 0 Å². The highest BCUT2D eigenvalue weighted by Crippen LogP contribution is 2.27. The molecule has 2 aromatic heterocycles. The van der Waals surface area contributed by atoms with Crippen molar-refractivity contribution in [2.45, 2.75) is 6.54 Å². The third kappa shape index (κ3) is 2.09. The minimum absolute atomic E-state index is 0.138.